The maximum Gasteiger partial charge on any atom is 0.393 e. The van der Waals surface area contributed by atoms with Crippen molar-refractivity contribution < 1.29 is 22.7 Å². The molecule has 1 aromatic heterocycles. The molecule has 1 aromatic carbocycles. The van der Waals surface area contributed by atoms with Crippen molar-refractivity contribution in [3.05, 3.63) is 36.0 Å². The number of alkyl halides is 3. The fourth-order valence-electron chi connectivity index (χ4n) is 4.70. The number of pyridine rings is 1. The van der Waals surface area contributed by atoms with Gasteiger partial charge in [0.15, 0.2) is 0 Å². The summed E-state index contributed by atoms with van der Waals surface area (Å²) in [5.41, 5.74) is 1.47. The largest absolute Gasteiger partial charge is 0.393 e. The fraction of sp³-hybridized carbons (Fsp3) is 0.522. The summed E-state index contributed by atoms with van der Waals surface area (Å²) in [6.07, 6.45) is -2.71. The molecule has 0 bridgehead atoms. The van der Waals surface area contributed by atoms with E-state index >= 15 is 0 Å². The normalized spacial score (nSPS) is 22.6. The van der Waals surface area contributed by atoms with Gasteiger partial charge in [0.25, 0.3) is 0 Å². The zero-order valence-electron chi connectivity index (χ0n) is 17.6. The number of benzene rings is 1. The molecule has 2 aliphatic heterocycles. The lowest BCUT2D eigenvalue weighted by Gasteiger charge is -2.40. The fourth-order valence-corrected chi connectivity index (χ4v) is 4.70. The standard InChI is InChI=1S/C23H25F3N4O2/c24-23(25,26)18-10-16(11-19(31)15-29-6-8-32-9-7-29)13-30(14-18)21-4-3-17(12-27)22-20(21)2-1-5-28-22/h1-5,16,18H,6-11,13-15H2. The third kappa shape index (κ3) is 5.03. The third-order valence-electron chi connectivity index (χ3n) is 6.23. The molecular weight excluding hydrogens is 421 g/mol. The molecule has 3 heterocycles. The number of carbonyl (C=O) groups is 1. The number of morpholine rings is 1. The summed E-state index contributed by atoms with van der Waals surface area (Å²) in [4.78, 5) is 20.6. The zero-order valence-corrected chi connectivity index (χ0v) is 17.6. The van der Waals surface area contributed by atoms with Gasteiger partial charge in [-0.25, -0.2) is 0 Å². The molecule has 0 N–H and O–H groups in total. The minimum Gasteiger partial charge on any atom is -0.379 e. The molecule has 6 nitrogen and oxygen atoms in total. The highest BCUT2D eigenvalue weighted by atomic mass is 19.4. The second kappa shape index (κ2) is 9.43. The van der Waals surface area contributed by atoms with E-state index in [2.05, 4.69) is 11.1 Å². The zero-order chi connectivity index (χ0) is 22.7. The molecule has 4 rings (SSSR count). The van der Waals surface area contributed by atoms with Crippen molar-refractivity contribution >= 4 is 22.4 Å². The Hall–Kier alpha value is -2.70. The number of halogens is 3. The molecule has 2 atom stereocenters. The van der Waals surface area contributed by atoms with Gasteiger partial charge < -0.3 is 9.64 Å². The van der Waals surface area contributed by atoms with Gasteiger partial charge in [-0.05, 0) is 36.6 Å². The first-order chi connectivity index (χ1) is 15.3. The number of ketones is 1. The Bertz CT molecular complexity index is 1010. The molecule has 2 unspecified atom stereocenters. The summed E-state index contributed by atoms with van der Waals surface area (Å²) in [5, 5.41) is 10.0. The average Bonchev–Trinajstić information content (AvgIpc) is 2.78. The Balaban J connectivity index is 1.56. The number of nitrogens with zero attached hydrogens (tertiary/aromatic N) is 4. The van der Waals surface area contributed by atoms with Crippen LogP contribution in [0.3, 0.4) is 0 Å². The number of hydrogen-bond donors (Lipinski definition) is 0. The van der Waals surface area contributed by atoms with Crippen LogP contribution in [0.5, 0.6) is 0 Å². The summed E-state index contributed by atoms with van der Waals surface area (Å²) < 4.78 is 46.6. The third-order valence-corrected chi connectivity index (χ3v) is 6.23. The summed E-state index contributed by atoms with van der Waals surface area (Å²) in [6.45, 7) is 2.90. The van der Waals surface area contributed by atoms with Crippen molar-refractivity contribution in [1.29, 1.82) is 5.26 Å². The molecule has 9 heteroatoms. The Morgan fingerprint density at radius 3 is 2.72 bits per heavy atom. The molecule has 0 amide bonds. The highest BCUT2D eigenvalue weighted by molar-refractivity contribution is 5.95. The van der Waals surface area contributed by atoms with E-state index in [1.807, 2.05) is 4.90 Å². The van der Waals surface area contributed by atoms with Crippen LogP contribution >= 0.6 is 0 Å². The Kier molecular flexibility index (Phi) is 6.63. The molecule has 2 aliphatic rings. The first-order valence-corrected chi connectivity index (χ1v) is 10.8. The van der Waals surface area contributed by atoms with Gasteiger partial charge in [0, 0.05) is 49.9 Å². The minimum absolute atomic E-state index is 0.0361. The van der Waals surface area contributed by atoms with Crippen LogP contribution in [0.2, 0.25) is 0 Å². The van der Waals surface area contributed by atoms with E-state index in [1.165, 1.54) is 0 Å². The van der Waals surface area contributed by atoms with Gasteiger partial charge in [-0.1, -0.05) is 0 Å². The molecule has 0 radical (unpaired) electrons. The van der Waals surface area contributed by atoms with Crippen molar-refractivity contribution in [1.82, 2.24) is 9.88 Å². The number of rotatable bonds is 5. The van der Waals surface area contributed by atoms with E-state index in [1.54, 1.807) is 35.4 Å². The second-order valence-electron chi connectivity index (χ2n) is 8.52. The average molecular weight is 446 g/mol. The summed E-state index contributed by atoms with van der Waals surface area (Å²) in [5.74, 6) is -1.95. The molecule has 2 aromatic rings. The monoisotopic (exact) mass is 446 g/mol. The van der Waals surface area contributed by atoms with Crippen molar-refractivity contribution in [3.8, 4) is 6.07 Å². The number of fused-ring (bicyclic) bond motifs is 1. The first-order valence-electron chi connectivity index (χ1n) is 10.8. The van der Waals surface area contributed by atoms with Gasteiger partial charge in [-0.15, -0.1) is 0 Å². The number of piperidine rings is 1. The van der Waals surface area contributed by atoms with Crippen LogP contribution in [-0.4, -0.2) is 67.8 Å². The van der Waals surface area contributed by atoms with Crippen molar-refractivity contribution in [3.63, 3.8) is 0 Å². The van der Waals surface area contributed by atoms with Gasteiger partial charge in [0.2, 0.25) is 0 Å². The van der Waals surface area contributed by atoms with Crippen molar-refractivity contribution in [2.24, 2.45) is 11.8 Å². The number of ether oxygens (including phenoxy) is 1. The van der Waals surface area contributed by atoms with E-state index in [0.29, 0.717) is 55.0 Å². The van der Waals surface area contributed by atoms with Crippen LogP contribution in [0, 0.1) is 23.2 Å². The number of carbonyl (C=O) groups excluding carboxylic acids is 1. The van der Waals surface area contributed by atoms with E-state index in [0.717, 1.165) is 0 Å². The lowest BCUT2D eigenvalue weighted by molar-refractivity contribution is -0.179. The molecular formula is C23H25F3N4O2. The predicted molar refractivity (Wildman–Crippen MR) is 113 cm³/mol. The number of anilines is 1. The molecule has 32 heavy (non-hydrogen) atoms. The number of Topliss-reactive ketones (excluding diaryl/α,β-unsaturated/α-hetero) is 1. The topological polar surface area (TPSA) is 69.5 Å². The highest BCUT2D eigenvalue weighted by Gasteiger charge is 2.45. The van der Waals surface area contributed by atoms with Crippen LogP contribution < -0.4 is 4.90 Å². The summed E-state index contributed by atoms with van der Waals surface area (Å²) in [6, 6.07) is 8.86. The van der Waals surface area contributed by atoms with Crippen molar-refractivity contribution in [2.45, 2.75) is 19.0 Å². The maximum atomic E-state index is 13.8. The van der Waals surface area contributed by atoms with Crippen molar-refractivity contribution in [2.75, 3.05) is 50.8 Å². The molecule has 0 aliphatic carbocycles. The van der Waals surface area contributed by atoms with Crippen LogP contribution in [-0.2, 0) is 9.53 Å². The molecule has 0 saturated carbocycles. The van der Waals surface area contributed by atoms with Gasteiger partial charge >= 0.3 is 6.18 Å². The smallest absolute Gasteiger partial charge is 0.379 e. The lowest BCUT2D eigenvalue weighted by atomic mass is 9.85. The number of nitriles is 1. The number of aromatic nitrogens is 1. The molecule has 2 saturated heterocycles. The molecule has 0 spiro atoms. The molecule has 170 valence electrons. The maximum absolute atomic E-state index is 13.8. The Morgan fingerprint density at radius 1 is 1.22 bits per heavy atom. The van der Waals surface area contributed by atoms with Gasteiger partial charge in [0.05, 0.1) is 36.8 Å². The van der Waals surface area contributed by atoms with E-state index in [4.69, 9.17) is 4.74 Å². The van der Waals surface area contributed by atoms with Crippen LogP contribution in [0.1, 0.15) is 18.4 Å². The SMILES string of the molecule is N#Cc1ccc(N2CC(CC(=O)CN3CCOCC3)CC(C(F)(F)F)C2)c2cccnc12. The van der Waals surface area contributed by atoms with Crippen LogP contribution in [0.25, 0.3) is 10.9 Å². The molecule has 2 fully saturated rings. The Labute approximate surface area is 184 Å². The van der Waals surface area contributed by atoms with Gasteiger partial charge in [0.1, 0.15) is 11.9 Å². The van der Waals surface area contributed by atoms with E-state index < -0.39 is 18.0 Å². The second-order valence-corrected chi connectivity index (χ2v) is 8.52. The van der Waals surface area contributed by atoms with Gasteiger partial charge in [-0.2, -0.15) is 18.4 Å². The van der Waals surface area contributed by atoms with E-state index in [9.17, 15) is 23.2 Å². The van der Waals surface area contributed by atoms with Crippen LogP contribution in [0.15, 0.2) is 30.5 Å². The highest BCUT2D eigenvalue weighted by Crippen LogP contribution is 2.39. The van der Waals surface area contributed by atoms with E-state index in [-0.39, 0.29) is 31.7 Å². The minimum atomic E-state index is -4.34. The van der Waals surface area contributed by atoms with Gasteiger partial charge in [-0.3, -0.25) is 14.7 Å². The van der Waals surface area contributed by atoms with Crippen LogP contribution in [0.4, 0.5) is 18.9 Å². The summed E-state index contributed by atoms with van der Waals surface area (Å²) in [7, 11) is 0. The summed E-state index contributed by atoms with van der Waals surface area (Å²) >= 11 is 0. The number of hydrogen-bond acceptors (Lipinski definition) is 6. The predicted octanol–water partition coefficient (Wildman–Crippen LogP) is 3.40. The quantitative estimate of drug-likeness (QED) is 0.701. The first kappa shape index (κ1) is 22.5. The Morgan fingerprint density at radius 2 is 2.00 bits per heavy atom. The lowest BCUT2D eigenvalue weighted by Crippen LogP contribution is -2.47.